The van der Waals surface area contributed by atoms with Crippen molar-refractivity contribution in [2.45, 2.75) is 18.5 Å². The van der Waals surface area contributed by atoms with Gasteiger partial charge in [-0.1, -0.05) is 11.1 Å². The number of aliphatic imine (C=N–C) groups is 1. The van der Waals surface area contributed by atoms with Crippen molar-refractivity contribution in [3.63, 3.8) is 0 Å². The Bertz CT molecular complexity index is 438. The summed E-state index contributed by atoms with van der Waals surface area (Å²) in [6, 6.07) is 0. The van der Waals surface area contributed by atoms with Crippen molar-refractivity contribution in [1.29, 1.82) is 0 Å². The highest BCUT2D eigenvalue weighted by atomic mass is 32.2. The van der Waals surface area contributed by atoms with Gasteiger partial charge >= 0.3 is 0 Å². The molecule has 0 amide bonds. The molecule has 0 spiro atoms. The van der Waals surface area contributed by atoms with Crippen LogP contribution in [0, 0.1) is 0 Å². The first kappa shape index (κ1) is 8.16. The van der Waals surface area contributed by atoms with Crippen LogP contribution >= 0.6 is 11.1 Å². The quantitative estimate of drug-likeness (QED) is 0.596. The maximum absolute atomic E-state index is 13.8. The number of imidazole rings is 1. The highest BCUT2D eigenvalue weighted by molar-refractivity contribution is 8.39. The molecule has 14 heavy (non-hydrogen) atoms. The third-order valence-electron chi connectivity index (χ3n) is 2.46. The summed E-state index contributed by atoms with van der Waals surface area (Å²) in [7, 11) is 0. The zero-order valence-electron chi connectivity index (χ0n) is 7.22. The summed E-state index contributed by atoms with van der Waals surface area (Å²) in [6.45, 7) is 0. The lowest BCUT2D eigenvalue weighted by atomic mass is 10.4. The number of aromatic nitrogens is 2. The molecule has 4 nitrogen and oxygen atoms in total. The monoisotopic (exact) mass is 213 g/mol. The van der Waals surface area contributed by atoms with Crippen molar-refractivity contribution in [2.24, 2.45) is 4.99 Å². The molecule has 1 atom stereocenters. The van der Waals surface area contributed by atoms with Gasteiger partial charge in [-0.25, -0.2) is 14.4 Å². The highest BCUT2D eigenvalue weighted by Crippen LogP contribution is 2.53. The first-order chi connectivity index (χ1) is 6.74. The second-order valence-corrected chi connectivity index (χ2v) is 5.20. The van der Waals surface area contributed by atoms with Crippen molar-refractivity contribution in [2.75, 3.05) is 0 Å². The number of fused-ring (bicyclic) bond motifs is 1. The second kappa shape index (κ2) is 2.44. The number of nitrogens with zero attached hydrogens (tertiary/aromatic N) is 3. The van der Waals surface area contributed by atoms with Crippen LogP contribution in [-0.2, 0) is 4.79 Å². The van der Waals surface area contributed by atoms with Crippen LogP contribution in [-0.4, -0.2) is 25.3 Å². The summed E-state index contributed by atoms with van der Waals surface area (Å²) in [5, 5.41) is 0.417. The first-order valence-electron chi connectivity index (χ1n) is 4.30. The lowest BCUT2D eigenvalue weighted by Gasteiger charge is -2.14. The van der Waals surface area contributed by atoms with Crippen LogP contribution in [0.5, 0.6) is 0 Å². The Kier molecular flexibility index (Phi) is 1.42. The van der Waals surface area contributed by atoms with E-state index >= 15 is 0 Å². The molecule has 0 aromatic carbocycles. The highest BCUT2D eigenvalue weighted by Gasteiger charge is 2.52. The Hall–Kier alpha value is -1.17. The number of halogens is 1. The molecular formula is C8H8FN3OS. The predicted octanol–water partition coefficient (Wildman–Crippen LogP) is 1.38. The van der Waals surface area contributed by atoms with E-state index in [0.29, 0.717) is 23.7 Å². The fraction of sp³-hybridized carbons (Fsp3) is 0.375. The average molecular weight is 213 g/mol. The van der Waals surface area contributed by atoms with Crippen molar-refractivity contribution in [1.82, 2.24) is 8.96 Å². The molecule has 3 rings (SSSR count). The minimum Gasteiger partial charge on any atom is -0.291 e. The van der Waals surface area contributed by atoms with Crippen molar-refractivity contribution in [3.05, 3.63) is 12.5 Å². The molecule has 1 aromatic heterocycles. The molecule has 1 saturated carbocycles. The minimum atomic E-state index is -1.30. The van der Waals surface area contributed by atoms with Crippen LogP contribution in [0.4, 0.5) is 10.2 Å². The lowest BCUT2D eigenvalue weighted by Crippen LogP contribution is -2.17. The van der Waals surface area contributed by atoms with E-state index in [9.17, 15) is 9.18 Å². The summed E-state index contributed by atoms with van der Waals surface area (Å²) in [6.07, 6.45) is 4.09. The van der Waals surface area contributed by atoms with Crippen LogP contribution in [0.2, 0.25) is 0 Å². The topological polar surface area (TPSA) is 47.2 Å². The minimum absolute atomic E-state index is 0.417. The Morgan fingerprint density at radius 1 is 1.64 bits per heavy atom. The molecule has 0 saturated heterocycles. The van der Waals surface area contributed by atoms with Gasteiger partial charge in [0.15, 0.2) is 17.1 Å². The van der Waals surface area contributed by atoms with E-state index in [1.807, 2.05) is 0 Å². The van der Waals surface area contributed by atoms with Gasteiger partial charge in [-0.05, 0) is 12.8 Å². The standard InChI is InChI=1S/C8H8FN3OS/c9-8(1-2-8)7-11-6-3-10-4-12(6)14(7)5-13/h3-5,14H,1-2H2. The summed E-state index contributed by atoms with van der Waals surface area (Å²) < 4.78 is 15.4. The van der Waals surface area contributed by atoms with E-state index in [0.717, 1.165) is 5.62 Å². The number of carbonyl (C=O) groups is 1. The smallest absolute Gasteiger partial charge is 0.179 e. The van der Waals surface area contributed by atoms with Gasteiger partial charge in [-0.15, -0.1) is 0 Å². The molecule has 1 aliphatic carbocycles. The van der Waals surface area contributed by atoms with Crippen LogP contribution in [0.25, 0.3) is 0 Å². The molecule has 1 aromatic rings. The van der Waals surface area contributed by atoms with Gasteiger partial charge in [-0.3, -0.25) is 8.77 Å². The van der Waals surface area contributed by atoms with E-state index in [1.54, 1.807) is 10.2 Å². The van der Waals surface area contributed by atoms with Crippen LogP contribution in [0.3, 0.4) is 0 Å². The SMILES string of the molecule is O=C[SH]1C(C2(F)CC2)=Nc2cncn21. The van der Waals surface area contributed by atoms with Crippen molar-refractivity contribution >= 4 is 27.6 Å². The maximum atomic E-state index is 13.8. The average Bonchev–Trinajstić information content (AvgIpc) is 2.65. The number of thiol groups is 1. The number of hydrogen-bond acceptors (Lipinski definition) is 3. The zero-order valence-corrected chi connectivity index (χ0v) is 8.12. The number of rotatable bonds is 2. The van der Waals surface area contributed by atoms with E-state index in [4.69, 9.17) is 0 Å². The summed E-state index contributed by atoms with van der Waals surface area (Å²) in [5.41, 5.74) is -0.516. The van der Waals surface area contributed by atoms with E-state index < -0.39 is 16.7 Å². The van der Waals surface area contributed by atoms with Gasteiger partial charge in [-0.2, -0.15) is 0 Å². The van der Waals surface area contributed by atoms with Gasteiger partial charge in [0, 0.05) is 0 Å². The molecule has 6 heteroatoms. The predicted molar refractivity (Wildman–Crippen MR) is 53.5 cm³/mol. The van der Waals surface area contributed by atoms with E-state index in [1.165, 1.54) is 6.33 Å². The molecular weight excluding hydrogens is 205 g/mol. The molecule has 0 radical (unpaired) electrons. The van der Waals surface area contributed by atoms with Gasteiger partial charge in [0.25, 0.3) is 0 Å². The molecule has 0 bridgehead atoms. The Morgan fingerprint density at radius 2 is 2.43 bits per heavy atom. The maximum Gasteiger partial charge on any atom is 0.179 e. The molecule has 1 fully saturated rings. The fourth-order valence-corrected chi connectivity index (χ4v) is 3.26. The molecule has 1 aliphatic heterocycles. The normalized spacial score (nSPS) is 29.5. The Labute approximate surface area is 82.3 Å². The van der Waals surface area contributed by atoms with Gasteiger partial charge in [0.1, 0.15) is 11.4 Å². The van der Waals surface area contributed by atoms with E-state index in [-0.39, 0.29) is 0 Å². The summed E-state index contributed by atoms with van der Waals surface area (Å²) in [4.78, 5) is 18.9. The van der Waals surface area contributed by atoms with Crippen LogP contribution in [0.15, 0.2) is 17.5 Å². The molecule has 74 valence electrons. The van der Waals surface area contributed by atoms with Gasteiger partial charge in [0.2, 0.25) is 0 Å². The van der Waals surface area contributed by atoms with Crippen molar-refractivity contribution in [3.8, 4) is 0 Å². The Balaban J connectivity index is 2.09. The zero-order chi connectivity index (χ0) is 9.76. The van der Waals surface area contributed by atoms with Crippen molar-refractivity contribution < 1.29 is 9.18 Å². The number of alkyl halides is 1. The van der Waals surface area contributed by atoms with Gasteiger partial charge < -0.3 is 0 Å². The summed E-state index contributed by atoms with van der Waals surface area (Å²) >= 11 is -1.26. The van der Waals surface area contributed by atoms with Crippen LogP contribution in [0.1, 0.15) is 12.8 Å². The van der Waals surface area contributed by atoms with Crippen LogP contribution < -0.4 is 0 Å². The number of hydrogen-bond donors (Lipinski definition) is 1. The molecule has 2 aliphatic rings. The number of carbonyl (C=O) groups excluding carboxylic acids is 1. The summed E-state index contributed by atoms with van der Waals surface area (Å²) in [5.74, 6) is 0.599. The third-order valence-corrected chi connectivity index (χ3v) is 4.37. The largest absolute Gasteiger partial charge is 0.291 e. The van der Waals surface area contributed by atoms with Gasteiger partial charge in [0.05, 0.1) is 6.20 Å². The molecule has 1 unspecified atom stereocenters. The first-order valence-corrected chi connectivity index (χ1v) is 5.66. The Morgan fingerprint density at radius 3 is 3.07 bits per heavy atom. The third kappa shape index (κ3) is 0.914. The molecule has 2 heterocycles. The fourth-order valence-electron chi connectivity index (χ4n) is 1.53. The van der Waals surface area contributed by atoms with E-state index in [2.05, 4.69) is 9.98 Å². The molecule has 0 N–H and O–H groups in total. The second-order valence-electron chi connectivity index (χ2n) is 3.45. The lowest BCUT2D eigenvalue weighted by molar-refractivity contribution is 0.411.